The molecule has 0 atom stereocenters. The summed E-state index contributed by atoms with van der Waals surface area (Å²) in [5.41, 5.74) is 16.9. The summed E-state index contributed by atoms with van der Waals surface area (Å²) in [5.74, 6) is 1.80. The molecule has 0 radical (unpaired) electrons. The number of fused-ring (bicyclic) bond motifs is 11. The molecular weight excluding hydrogens is 759 g/mol. The molecule has 2 aliphatic carbocycles. The number of hydrogen-bond donors (Lipinski definition) is 0. The van der Waals surface area contributed by atoms with Gasteiger partial charge in [-0.15, -0.1) is 0 Å². The van der Waals surface area contributed by atoms with Crippen molar-refractivity contribution in [3.63, 3.8) is 0 Å². The maximum atomic E-state index is 6.18. The molecule has 0 bridgehead atoms. The fraction of sp³-hybridized carbons (Fsp3) is 0.105. The van der Waals surface area contributed by atoms with Gasteiger partial charge in [0, 0.05) is 43.7 Å². The van der Waals surface area contributed by atoms with E-state index in [1.54, 1.807) is 0 Å². The molecule has 11 aromatic rings. The van der Waals surface area contributed by atoms with Crippen molar-refractivity contribution in [3.05, 3.63) is 187 Å². The van der Waals surface area contributed by atoms with Gasteiger partial charge in [-0.2, -0.15) is 0 Å². The lowest BCUT2D eigenvalue weighted by molar-refractivity contribution is 0.353. The molecule has 1 saturated carbocycles. The fourth-order valence-corrected chi connectivity index (χ4v) is 10.6. The Bertz CT molecular complexity index is 3440. The van der Waals surface area contributed by atoms with Crippen LogP contribution in [0.5, 0.6) is 0 Å². The third kappa shape index (κ3) is 5.44. The second kappa shape index (κ2) is 13.7. The molecule has 0 aliphatic heterocycles. The molecular formula is C57H39N3O2. The molecule has 3 aromatic heterocycles. The van der Waals surface area contributed by atoms with E-state index < -0.39 is 0 Å². The molecule has 5 heteroatoms. The van der Waals surface area contributed by atoms with Crippen LogP contribution in [0.15, 0.2) is 185 Å². The Kier molecular flexibility index (Phi) is 7.77. The minimum absolute atomic E-state index is 0.0802. The maximum Gasteiger partial charge on any atom is 0.164 e. The zero-order valence-corrected chi connectivity index (χ0v) is 33.9. The Morgan fingerprint density at radius 2 is 0.839 bits per heavy atom. The zero-order valence-electron chi connectivity index (χ0n) is 33.9. The monoisotopic (exact) mass is 797 g/mol. The number of furan rings is 2. The third-order valence-electron chi connectivity index (χ3n) is 13.5. The Balaban J connectivity index is 0.906. The topological polar surface area (TPSA) is 65.0 Å². The van der Waals surface area contributed by atoms with E-state index in [1.165, 1.54) is 71.0 Å². The van der Waals surface area contributed by atoms with Crippen molar-refractivity contribution in [2.75, 3.05) is 0 Å². The van der Waals surface area contributed by atoms with Crippen LogP contribution in [0.25, 0.3) is 111 Å². The van der Waals surface area contributed by atoms with Crippen LogP contribution in [-0.2, 0) is 5.41 Å². The maximum absolute atomic E-state index is 6.18. The Hall–Kier alpha value is -7.63. The van der Waals surface area contributed by atoms with Gasteiger partial charge in [0.15, 0.2) is 17.5 Å². The number of para-hydroxylation sites is 2. The highest BCUT2D eigenvalue weighted by Gasteiger charge is 2.45. The van der Waals surface area contributed by atoms with Crippen molar-refractivity contribution in [2.24, 2.45) is 0 Å². The van der Waals surface area contributed by atoms with Crippen LogP contribution < -0.4 is 0 Å². The first kappa shape index (κ1) is 35.2. The van der Waals surface area contributed by atoms with E-state index in [-0.39, 0.29) is 5.41 Å². The first-order valence-corrected chi connectivity index (χ1v) is 21.7. The largest absolute Gasteiger partial charge is 0.456 e. The van der Waals surface area contributed by atoms with E-state index in [0.29, 0.717) is 17.5 Å². The van der Waals surface area contributed by atoms with Crippen LogP contribution in [-0.4, -0.2) is 15.0 Å². The second-order valence-electron chi connectivity index (χ2n) is 17.0. The average Bonchev–Trinajstić information content (AvgIpc) is 3.99. The van der Waals surface area contributed by atoms with Crippen LogP contribution >= 0.6 is 0 Å². The number of nitrogens with zero attached hydrogens (tertiary/aromatic N) is 3. The number of hydrogen-bond acceptors (Lipinski definition) is 5. The zero-order chi connectivity index (χ0) is 40.8. The van der Waals surface area contributed by atoms with E-state index in [2.05, 4.69) is 115 Å². The summed E-state index contributed by atoms with van der Waals surface area (Å²) in [7, 11) is 0. The van der Waals surface area contributed by atoms with Gasteiger partial charge in [0.2, 0.25) is 0 Å². The molecule has 2 aliphatic rings. The standard InChI is InChI=1S/C57H39N3O2/c1-8-30-57(31-9-1)48-19-5-2-14-42(48)45-18-11-17-41(53(45)57)38-13-10-12-37(32-38)35-22-24-36(25-23-35)54-58-55(39-26-28-51-46(33-39)43-15-3-6-20-49(43)61-51)60-56(59-54)40-27-29-52-47(34-40)44-16-4-7-21-50(44)62-52/h2-7,10-29,32-34H,1,8-9,30-31H2. The lowest BCUT2D eigenvalue weighted by Crippen LogP contribution is -2.28. The van der Waals surface area contributed by atoms with Crippen LogP contribution in [0, 0.1) is 0 Å². The highest BCUT2D eigenvalue weighted by molar-refractivity contribution is 6.07. The molecule has 8 aromatic carbocycles. The van der Waals surface area contributed by atoms with Crippen molar-refractivity contribution >= 4 is 43.9 Å². The van der Waals surface area contributed by atoms with E-state index in [9.17, 15) is 0 Å². The van der Waals surface area contributed by atoms with Crippen molar-refractivity contribution in [2.45, 2.75) is 37.5 Å². The Morgan fingerprint density at radius 3 is 1.52 bits per heavy atom. The van der Waals surface area contributed by atoms with Gasteiger partial charge in [-0.05, 0) is 112 Å². The lowest BCUT2D eigenvalue weighted by atomic mass is 9.66. The highest BCUT2D eigenvalue weighted by atomic mass is 16.3. The van der Waals surface area contributed by atoms with Crippen LogP contribution in [0.4, 0.5) is 0 Å². The first-order valence-electron chi connectivity index (χ1n) is 21.7. The molecule has 0 N–H and O–H groups in total. The van der Waals surface area contributed by atoms with E-state index >= 15 is 0 Å². The van der Waals surface area contributed by atoms with Crippen LogP contribution in [0.1, 0.15) is 43.2 Å². The molecule has 5 nitrogen and oxygen atoms in total. The summed E-state index contributed by atoms with van der Waals surface area (Å²) in [6, 6.07) is 62.4. The third-order valence-corrected chi connectivity index (χ3v) is 13.5. The van der Waals surface area contributed by atoms with Crippen molar-refractivity contribution in [3.8, 4) is 67.5 Å². The van der Waals surface area contributed by atoms with Gasteiger partial charge in [0.05, 0.1) is 0 Å². The minimum atomic E-state index is 0.0802. The van der Waals surface area contributed by atoms with Gasteiger partial charge >= 0.3 is 0 Å². The molecule has 3 heterocycles. The van der Waals surface area contributed by atoms with Gasteiger partial charge in [-0.25, -0.2) is 15.0 Å². The molecule has 0 unspecified atom stereocenters. The smallest absolute Gasteiger partial charge is 0.164 e. The van der Waals surface area contributed by atoms with E-state index in [1.807, 2.05) is 60.7 Å². The Morgan fingerprint density at radius 1 is 0.339 bits per heavy atom. The normalized spacial score (nSPS) is 14.3. The predicted molar refractivity (Wildman–Crippen MR) is 251 cm³/mol. The van der Waals surface area contributed by atoms with Crippen LogP contribution in [0.2, 0.25) is 0 Å². The van der Waals surface area contributed by atoms with Crippen molar-refractivity contribution < 1.29 is 8.83 Å². The molecule has 1 fully saturated rings. The summed E-state index contributed by atoms with van der Waals surface area (Å²) < 4.78 is 12.4. The SMILES string of the molecule is c1cc(-c2ccc(-c3nc(-c4ccc5oc6ccccc6c5c4)nc(-c4ccc5oc6ccccc6c5c4)n3)cc2)cc(-c2cccc3c2C2(CCCCC2)c2ccccc2-3)c1. The van der Waals surface area contributed by atoms with Crippen molar-refractivity contribution in [1.82, 2.24) is 15.0 Å². The summed E-state index contributed by atoms with van der Waals surface area (Å²) in [4.78, 5) is 15.4. The van der Waals surface area contributed by atoms with Gasteiger partial charge in [0.1, 0.15) is 22.3 Å². The molecule has 0 amide bonds. The molecule has 13 rings (SSSR count). The second-order valence-corrected chi connectivity index (χ2v) is 17.0. The van der Waals surface area contributed by atoms with Gasteiger partial charge in [0.25, 0.3) is 0 Å². The number of benzene rings is 8. The molecule has 294 valence electrons. The van der Waals surface area contributed by atoms with E-state index in [4.69, 9.17) is 23.8 Å². The molecule has 0 saturated heterocycles. The summed E-state index contributed by atoms with van der Waals surface area (Å²) >= 11 is 0. The summed E-state index contributed by atoms with van der Waals surface area (Å²) in [6.07, 6.45) is 6.27. The quantitative estimate of drug-likeness (QED) is 0.174. The fourth-order valence-electron chi connectivity index (χ4n) is 10.6. The summed E-state index contributed by atoms with van der Waals surface area (Å²) in [5, 5.41) is 4.17. The highest BCUT2D eigenvalue weighted by Crippen LogP contribution is 2.58. The van der Waals surface area contributed by atoms with Crippen LogP contribution in [0.3, 0.4) is 0 Å². The molecule has 1 spiro atoms. The lowest BCUT2D eigenvalue weighted by Gasteiger charge is -2.37. The average molecular weight is 798 g/mol. The number of rotatable bonds is 5. The van der Waals surface area contributed by atoms with Crippen molar-refractivity contribution in [1.29, 1.82) is 0 Å². The minimum Gasteiger partial charge on any atom is -0.456 e. The Labute approximate surface area is 358 Å². The van der Waals surface area contributed by atoms with Gasteiger partial charge < -0.3 is 8.83 Å². The summed E-state index contributed by atoms with van der Waals surface area (Å²) in [6.45, 7) is 0. The number of aromatic nitrogens is 3. The predicted octanol–water partition coefficient (Wildman–Crippen LogP) is 15.2. The van der Waals surface area contributed by atoms with Gasteiger partial charge in [-0.3, -0.25) is 0 Å². The van der Waals surface area contributed by atoms with E-state index in [0.717, 1.165) is 66.1 Å². The molecule has 62 heavy (non-hydrogen) atoms. The van der Waals surface area contributed by atoms with Gasteiger partial charge in [-0.1, -0.05) is 141 Å². The first-order chi connectivity index (χ1) is 30.7.